The summed E-state index contributed by atoms with van der Waals surface area (Å²) in [6.45, 7) is 1.99. The van der Waals surface area contributed by atoms with Gasteiger partial charge in [0.15, 0.2) is 18.1 Å². The van der Waals surface area contributed by atoms with Gasteiger partial charge in [-0.1, -0.05) is 24.0 Å². The Kier molecular flexibility index (Phi) is 6.25. The lowest BCUT2D eigenvalue weighted by Crippen LogP contribution is -2.22. The molecule has 2 rings (SSSR count). The Labute approximate surface area is 157 Å². The molecular formula is C15H15BrN2O4S2. The van der Waals surface area contributed by atoms with Crippen LogP contribution in [0.15, 0.2) is 21.5 Å². The highest BCUT2D eigenvalue weighted by atomic mass is 79.9. The zero-order valence-corrected chi connectivity index (χ0v) is 16.2. The van der Waals surface area contributed by atoms with Gasteiger partial charge in [0.25, 0.3) is 11.8 Å². The average Bonchev–Trinajstić information content (AvgIpc) is 2.74. The maximum absolute atomic E-state index is 12.1. The third-order valence-electron chi connectivity index (χ3n) is 2.97. The van der Waals surface area contributed by atoms with Gasteiger partial charge in [-0.15, -0.1) is 0 Å². The molecular weight excluding hydrogens is 416 g/mol. The third-order valence-corrected chi connectivity index (χ3v) is 5.05. The van der Waals surface area contributed by atoms with Crippen LogP contribution in [0.5, 0.6) is 11.5 Å². The number of hydrogen-bond donors (Lipinski definition) is 1. The largest absolute Gasteiger partial charge is 0.490 e. The number of carbonyl (C=O) groups is 2. The van der Waals surface area contributed by atoms with Crippen LogP contribution in [0, 0.1) is 0 Å². The van der Waals surface area contributed by atoms with E-state index in [2.05, 4.69) is 15.9 Å². The Morgan fingerprint density at radius 1 is 1.46 bits per heavy atom. The minimum atomic E-state index is -0.583. The molecule has 9 heteroatoms. The van der Waals surface area contributed by atoms with Crippen molar-refractivity contribution in [2.24, 2.45) is 5.73 Å². The second-order valence-corrected chi connectivity index (χ2v) is 7.29. The highest BCUT2D eigenvalue weighted by molar-refractivity contribution is 9.10. The van der Waals surface area contributed by atoms with Crippen LogP contribution in [-0.2, 0) is 9.59 Å². The number of amides is 2. The predicted molar refractivity (Wildman–Crippen MR) is 101 cm³/mol. The van der Waals surface area contributed by atoms with Gasteiger partial charge < -0.3 is 15.2 Å². The topological polar surface area (TPSA) is 81.9 Å². The average molecular weight is 431 g/mol. The van der Waals surface area contributed by atoms with E-state index < -0.39 is 5.91 Å². The van der Waals surface area contributed by atoms with E-state index in [1.807, 2.05) is 6.92 Å². The van der Waals surface area contributed by atoms with Crippen LogP contribution in [0.1, 0.15) is 12.5 Å². The number of carbonyl (C=O) groups excluding carboxylic acids is 2. The van der Waals surface area contributed by atoms with Gasteiger partial charge in [0.2, 0.25) is 0 Å². The number of nitrogens with zero attached hydrogens (tertiary/aromatic N) is 1. The Balaban J connectivity index is 2.37. The third kappa shape index (κ3) is 4.28. The SMILES string of the molecule is CCOc1cc(/C=C2/SC(=S)N(C)C2=O)cc(Br)c1OCC(N)=O. The van der Waals surface area contributed by atoms with Crippen molar-refractivity contribution in [2.75, 3.05) is 20.3 Å². The molecule has 2 amide bonds. The monoisotopic (exact) mass is 430 g/mol. The maximum Gasteiger partial charge on any atom is 0.265 e. The van der Waals surface area contributed by atoms with Gasteiger partial charge >= 0.3 is 0 Å². The molecule has 0 bridgehead atoms. The van der Waals surface area contributed by atoms with Crippen LogP contribution in [0.3, 0.4) is 0 Å². The summed E-state index contributed by atoms with van der Waals surface area (Å²) >= 11 is 9.75. The number of ether oxygens (including phenoxy) is 2. The smallest absolute Gasteiger partial charge is 0.265 e. The molecule has 0 saturated carbocycles. The number of halogens is 1. The fourth-order valence-corrected chi connectivity index (χ4v) is 3.67. The van der Waals surface area contributed by atoms with Crippen molar-refractivity contribution in [3.8, 4) is 11.5 Å². The molecule has 24 heavy (non-hydrogen) atoms. The molecule has 0 aliphatic carbocycles. The van der Waals surface area contributed by atoms with E-state index in [0.717, 1.165) is 5.56 Å². The summed E-state index contributed by atoms with van der Waals surface area (Å²) in [6.07, 6.45) is 1.73. The molecule has 1 heterocycles. The minimum Gasteiger partial charge on any atom is -0.490 e. The van der Waals surface area contributed by atoms with Crippen LogP contribution >= 0.6 is 39.9 Å². The summed E-state index contributed by atoms with van der Waals surface area (Å²) in [5.74, 6) is 0.107. The molecule has 1 saturated heterocycles. The standard InChI is InChI=1S/C15H15BrN2O4S2/c1-3-21-10-5-8(4-9(16)13(10)22-7-12(17)19)6-11-14(20)18(2)15(23)24-11/h4-6H,3,7H2,1-2H3,(H2,17,19)/b11-6+. The molecule has 0 unspecified atom stereocenters. The van der Waals surface area contributed by atoms with Crippen LogP contribution < -0.4 is 15.2 Å². The zero-order chi connectivity index (χ0) is 17.9. The molecule has 0 atom stereocenters. The van der Waals surface area contributed by atoms with Crippen LogP contribution in [0.4, 0.5) is 0 Å². The van der Waals surface area contributed by atoms with Crippen molar-refractivity contribution in [1.29, 1.82) is 0 Å². The highest BCUT2D eigenvalue weighted by Gasteiger charge is 2.28. The maximum atomic E-state index is 12.1. The minimum absolute atomic E-state index is 0.145. The van der Waals surface area contributed by atoms with Crippen LogP contribution in [0.2, 0.25) is 0 Å². The summed E-state index contributed by atoms with van der Waals surface area (Å²) in [5.41, 5.74) is 5.85. The van der Waals surface area contributed by atoms with E-state index >= 15 is 0 Å². The number of rotatable bonds is 6. The lowest BCUT2D eigenvalue weighted by Gasteiger charge is -2.14. The Bertz CT molecular complexity index is 736. The van der Waals surface area contributed by atoms with E-state index in [-0.39, 0.29) is 12.5 Å². The van der Waals surface area contributed by atoms with Crippen molar-refractivity contribution >= 4 is 62.1 Å². The number of nitrogens with two attached hydrogens (primary N) is 1. The summed E-state index contributed by atoms with van der Waals surface area (Å²) in [7, 11) is 1.64. The first-order valence-electron chi connectivity index (χ1n) is 6.92. The fraction of sp³-hybridized carbons (Fsp3) is 0.267. The highest BCUT2D eigenvalue weighted by Crippen LogP contribution is 2.39. The number of benzene rings is 1. The lowest BCUT2D eigenvalue weighted by atomic mass is 10.2. The van der Waals surface area contributed by atoms with Gasteiger partial charge in [-0.05, 0) is 46.6 Å². The van der Waals surface area contributed by atoms with Crippen molar-refractivity contribution in [3.05, 3.63) is 27.1 Å². The summed E-state index contributed by atoms with van der Waals surface area (Å²) in [4.78, 5) is 25.0. The normalized spacial score (nSPS) is 16.0. The quantitative estimate of drug-likeness (QED) is 0.551. The molecule has 1 aromatic carbocycles. The first kappa shape index (κ1) is 18.8. The van der Waals surface area contributed by atoms with Crippen molar-refractivity contribution in [3.63, 3.8) is 0 Å². The van der Waals surface area contributed by atoms with Crippen molar-refractivity contribution < 1.29 is 19.1 Å². The molecule has 0 aromatic heterocycles. The van der Waals surface area contributed by atoms with E-state index in [9.17, 15) is 9.59 Å². The number of thiocarbonyl (C=S) groups is 1. The molecule has 0 radical (unpaired) electrons. The number of likely N-dealkylation sites (N-methyl/N-ethyl adjacent to an activating group) is 1. The Morgan fingerprint density at radius 2 is 2.17 bits per heavy atom. The van der Waals surface area contributed by atoms with Crippen LogP contribution in [-0.4, -0.2) is 41.3 Å². The van der Waals surface area contributed by atoms with E-state index in [1.165, 1.54) is 16.7 Å². The molecule has 1 aliphatic rings. The zero-order valence-electron chi connectivity index (χ0n) is 13.0. The van der Waals surface area contributed by atoms with Crippen molar-refractivity contribution in [2.45, 2.75) is 6.92 Å². The van der Waals surface area contributed by atoms with Gasteiger partial charge in [-0.3, -0.25) is 14.5 Å². The molecule has 1 aliphatic heterocycles. The number of hydrogen-bond acceptors (Lipinski definition) is 6. The van der Waals surface area contributed by atoms with Gasteiger partial charge in [0, 0.05) is 7.05 Å². The molecule has 0 spiro atoms. The summed E-state index contributed by atoms with van der Waals surface area (Å²) in [5, 5.41) is 0. The van der Waals surface area contributed by atoms with Crippen LogP contribution in [0.25, 0.3) is 6.08 Å². The first-order chi connectivity index (χ1) is 11.3. The van der Waals surface area contributed by atoms with Gasteiger partial charge in [-0.2, -0.15) is 0 Å². The van der Waals surface area contributed by atoms with Gasteiger partial charge in [0.1, 0.15) is 4.32 Å². The lowest BCUT2D eigenvalue weighted by molar-refractivity contribution is -0.121. The number of primary amides is 1. The molecule has 128 valence electrons. The number of thioether (sulfide) groups is 1. The second-order valence-electron chi connectivity index (χ2n) is 4.76. The Morgan fingerprint density at radius 3 is 2.71 bits per heavy atom. The Hall–Kier alpha value is -1.58. The summed E-state index contributed by atoms with van der Waals surface area (Å²) < 4.78 is 12.1. The van der Waals surface area contributed by atoms with Gasteiger partial charge in [0.05, 0.1) is 16.0 Å². The summed E-state index contributed by atoms with van der Waals surface area (Å²) in [6, 6.07) is 3.49. The molecule has 1 fully saturated rings. The van der Waals surface area contributed by atoms with E-state index in [4.69, 9.17) is 27.4 Å². The molecule has 6 nitrogen and oxygen atoms in total. The fourth-order valence-electron chi connectivity index (χ4n) is 1.91. The molecule has 1 aromatic rings. The first-order valence-corrected chi connectivity index (χ1v) is 8.94. The predicted octanol–water partition coefficient (Wildman–Crippen LogP) is 2.54. The second kappa shape index (κ2) is 8.00. The molecule has 2 N–H and O–H groups in total. The van der Waals surface area contributed by atoms with E-state index in [1.54, 1.807) is 25.3 Å². The van der Waals surface area contributed by atoms with E-state index in [0.29, 0.717) is 31.8 Å². The van der Waals surface area contributed by atoms with Crippen molar-refractivity contribution in [1.82, 2.24) is 4.90 Å². The van der Waals surface area contributed by atoms with Gasteiger partial charge in [-0.25, -0.2) is 0 Å².